The molecule has 1 unspecified atom stereocenters. The number of aromatic nitrogens is 1. The molecule has 1 heterocycles. The number of aliphatic hydroxyl groups excluding tert-OH is 1. The van der Waals surface area contributed by atoms with Crippen LogP contribution in [0.1, 0.15) is 18.9 Å². The van der Waals surface area contributed by atoms with E-state index in [2.05, 4.69) is 16.8 Å². The van der Waals surface area contributed by atoms with Gasteiger partial charge in [0.15, 0.2) is 0 Å². The average Bonchev–Trinajstić information content (AvgIpc) is 2.44. The predicted octanol–water partition coefficient (Wildman–Crippen LogP) is 0.348. The third kappa shape index (κ3) is 3.78. The summed E-state index contributed by atoms with van der Waals surface area (Å²) in [5.41, 5.74) is 0.404. The number of nitriles is 1. The highest BCUT2D eigenvalue weighted by Crippen LogP contribution is 2.17. The fourth-order valence-corrected chi connectivity index (χ4v) is 2.78. The average molecular weight is 293 g/mol. The zero-order valence-corrected chi connectivity index (χ0v) is 12.1. The van der Waals surface area contributed by atoms with Crippen LogP contribution in [0.4, 0.5) is 0 Å². The third-order valence-corrected chi connectivity index (χ3v) is 4.65. The minimum Gasteiger partial charge on any atom is -0.384 e. The summed E-state index contributed by atoms with van der Waals surface area (Å²) in [6.07, 6.45) is 2.75. The first-order chi connectivity index (χ1) is 9.43. The Labute approximate surface area is 118 Å². The molecule has 0 aromatic carbocycles. The summed E-state index contributed by atoms with van der Waals surface area (Å²) in [4.78, 5) is 3.85. The molecule has 1 aromatic heterocycles. The molecular formula is C13H15N3O3S. The molecular weight excluding hydrogens is 278 g/mol. The molecule has 0 bridgehead atoms. The first-order valence-corrected chi connectivity index (χ1v) is 7.27. The molecule has 0 aliphatic carbocycles. The van der Waals surface area contributed by atoms with Crippen LogP contribution in [-0.4, -0.2) is 42.5 Å². The lowest BCUT2D eigenvalue weighted by molar-refractivity contribution is 0.350. The number of pyridine rings is 1. The first-order valence-electron chi connectivity index (χ1n) is 5.83. The number of rotatable bonds is 4. The van der Waals surface area contributed by atoms with E-state index in [1.807, 2.05) is 6.07 Å². The van der Waals surface area contributed by atoms with Crippen molar-refractivity contribution in [2.75, 3.05) is 13.7 Å². The zero-order valence-electron chi connectivity index (χ0n) is 11.2. The molecule has 0 saturated heterocycles. The Kier molecular flexibility index (Phi) is 5.66. The van der Waals surface area contributed by atoms with Gasteiger partial charge in [-0.2, -0.15) is 9.57 Å². The van der Waals surface area contributed by atoms with Crippen LogP contribution in [0.15, 0.2) is 23.4 Å². The molecule has 0 radical (unpaired) electrons. The number of hydrogen-bond donors (Lipinski definition) is 1. The van der Waals surface area contributed by atoms with Gasteiger partial charge in [0, 0.05) is 31.0 Å². The van der Waals surface area contributed by atoms with Gasteiger partial charge in [-0.3, -0.25) is 4.98 Å². The Morgan fingerprint density at radius 2 is 2.20 bits per heavy atom. The maximum atomic E-state index is 12.4. The monoisotopic (exact) mass is 293 g/mol. The summed E-state index contributed by atoms with van der Waals surface area (Å²) < 4.78 is 25.8. The van der Waals surface area contributed by atoms with Crippen LogP contribution < -0.4 is 0 Å². The van der Waals surface area contributed by atoms with Crippen LogP contribution in [0.5, 0.6) is 0 Å². The first kappa shape index (κ1) is 16.1. The van der Waals surface area contributed by atoms with Gasteiger partial charge in [0.2, 0.25) is 10.0 Å². The molecule has 1 atom stereocenters. The summed E-state index contributed by atoms with van der Waals surface area (Å²) in [7, 11) is -2.30. The van der Waals surface area contributed by atoms with Gasteiger partial charge in [-0.25, -0.2) is 8.42 Å². The van der Waals surface area contributed by atoms with Crippen molar-refractivity contribution in [2.45, 2.75) is 24.3 Å². The molecule has 0 saturated carbocycles. The lowest BCUT2D eigenvalue weighted by atomic mass is 10.3. The summed E-state index contributed by atoms with van der Waals surface area (Å²) in [6.45, 7) is 1.35. The number of aliphatic hydroxyl groups is 1. The van der Waals surface area contributed by atoms with Crippen LogP contribution >= 0.6 is 0 Å². The zero-order chi connectivity index (χ0) is 15.2. The fraction of sp³-hybridized carbons (Fsp3) is 0.385. The predicted molar refractivity (Wildman–Crippen MR) is 72.8 cm³/mol. The second kappa shape index (κ2) is 7.01. The van der Waals surface area contributed by atoms with Crippen LogP contribution in [0.2, 0.25) is 0 Å². The Morgan fingerprint density at radius 3 is 2.80 bits per heavy atom. The molecule has 106 valence electrons. The van der Waals surface area contributed by atoms with Gasteiger partial charge in [0.05, 0.1) is 12.5 Å². The maximum absolute atomic E-state index is 12.4. The van der Waals surface area contributed by atoms with Crippen molar-refractivity contribution < 1.29 is 13.5 Å². The Balaban J connectivity index is 3.13. The van der Waals surface area contributed by atoms with E-state index in [-0.39, 0.29) is 17.9 Å². The molecule has 20 heavy (non-hydrogen) atoms. The van der Waals surface area contributed by atoms with Gasteiger partial charge in [-0.15, -0.1) is 0 Å². The normalized spacial score (nSPS) is 12.3. The minimum atomic E-state index is -3.72. The molecule has 0 fully saturated rings. The fourth-order valence-electron chi connectivity index (χ4n) is 1.43. The molecule has 0 spiro atoms. The highest BCUT2D eigenvalue weighted by Gasteiger charge is 2.25. The molecule has 0 aliphatic rings. The lowest BCUT2D eigenvalue weighted by Gasteiger charge is -2.22. The van der Waals surface area contributed by atoms with Crippen LogP contribution in [0.3, 0.4) is 0 Å². The van der Waals surface area contributed by atoms with Crippen LogP contribution in [-0.2, 0) is 10.0 Å². The molecule has 1 aromatic rings. The number of nitrogens with zero attached hydrogens (tertiary/aromatic N) is 3. The molecule has 7 heteroatoms. The minimum absolute atomic E-state index is 0.00882. The van der Waals surface area contributed by atoms with Crippen molar-refractivity contribution in [3.63, 3.8) is 0 Å². The van der Waals surface area contributed by atoms with Crippen molar-refractivity contribution in [3.8, 4) is 17.9 Å². The van der Waals surface area contributed by atoms with E-state index < -0.39 is 16.1 Å². The molecule has 0 aliphatic heterocycles. The third-order valence-electron chi connectivity index (χ3n) is 2.71. The van der Waals surface area contributed by atoms with Gasteiger partial charge in [0.1, 0.15) is 11.5 Å². The van der Waals surface area contributed by atoms with E-state index in [0.29, 0.717) is 5.56 Å². The van der Waals surface area contributed by atoms with Crippen molar-refractivity contribution in [3.05, 3.63) is 24.0 Å². The maximum Gasteiger partial charge on any atom is 0.244 e. The lowest BCUT2D eigenvalue weighted by Crippen LogP contribution is -2.34. The van der Waals surface area contributed by atoms with E-state index in [0.717, 1.165) is 4.31 Å². The van der Waals surface area contributed by atoms with E-state index >= 15 is 0 Å². The van der Waals surface area contributed by atoms with E-state index in [4.69, 9.17) is 10.4 Å². The summed E-state index contributed by atoms with van der Waals surface area (Å²) in [5, 5.41) is 17.3. The second-order valence-electron chi connectivity index (χ2n) is 4.10. The molecule has 0 amide bonds. The van der Waals surface area contributed by atoms with Crippen molar-refractivity contribution in [2.24, 2.45) is 0 Å². The van der Waals surface area contributed by atoms with Crippen molar-refractivity contribution in [1.82, 2.24) is 9.29 Å². The van der Waals surface area contributed by atoms with Gasteiger partial charge in [-0.05, 0) is 13.0 Å². The highest BCUT2D eigenvalue weighted by atomic mass is 32.2. The Morgan fingerprint density at radius 1 is 1.50 bits per heavy atom. The topological polar surface area (TPSA) is 94.3 Å². The quantitative estimate of drug-likeness (QED) is 0.808. The van der Waals surface area contributed by atoms with Crippen molar-refractivity contribution >= 4 is 10.0 Å². The van der Waals surface area contributed by atoms with Crippen LogP contribution in [0, 0.1) is 23.2 Å². The van der Waals surface area contributed by atoms with E-state index in [9.17, 15) is 8.42 Å². The Bertz CT molecular complexity index is 668. The van der Waals surface area contributed by atoms with Gasteiger partial charge >= 0.3 is 0 Å². The van der Waals surface area contributed by atoms with Gasteiger partial charge < -0.3 is 5.11 Å². The highest BCUT2D eigenvalue weighted by molar-refractivity contribution is 7.89. The largest absolute Gasteiger partial charge is 0.384 e. The van der Waals surface area contributed by atoms with Gasteiger partial charge in [-0.1, -0.05) is 11.8 Å². The molecule has 1 N–H and O–H groups in total. The Hall–Kier alpha value is -1.93. The molecule has 6 nitrogen and oxygen atoms in total. The van der Waals surface area contributed by atoms with E-state index in [1.54, 1.807) is 6.92 Å². The molecule has 1 rings (SSSR count). The van der Waals surface area contributed by atoms with E-state index in [1.165, 1.54) is 25.5 Å². The standard InChI is InChI=1S/C13H15N3O3S/c1-11(5-6-14)16(2)20(18,19)13-8-12(4-3-7-17)9-15-10-13/h8-11,17H,5,7H2,1-2H3. The summed E-state index contributed by atoms with van der Waals surface area (Å²) in [5.74, 6) is 5.03. The van der Waals surface area contributed by atoms with Crippen molar-refractivity contribution in [1.29, 1.82) is 5.26 Å². The SMILES string of the molecule is CC(CC#N)N(C)S(=O)(=O)c1cncc(C#CCO)c1. The second-order valence-corrected chi connectivity index (χ2v) is 6.10. The van der Waals surface area contributed by atoms with Crippen LogP contribution in [0.25, 0.3) is 0 Å². The summed E-state index contributed by atoms with van der Waals surface area (Å²) >= 11 is 0. The van der Waals surface area contributed by atoms with Gasteiger partial charge in [0.25, 0.3) is 0 Å². The number of sulfonamides is 1. The number of hydrogen-bond acceptors (Lipinski definition) is 5. The smallest absolute Gasteiger partial charge is 0.244 e. The summed E-state index contributed by atoms with van der Waals surface area (Å²) in [6, 6.07) is 2.90.